The summed E-state index contributed by atoms with van der Waals surface area (Å²) in [6.07, 6.45) is 2.15. The molecule has 2 fully saturated rings. The molecule has 3 amide bonds. The maximum absolute atomic E-state index is 13.4. The third kappa shape index (κ3) is 3.73. The van der Waals surface area contributed by atoms with Crippen LogP contribution in [0.4, 0.5) is 14.9 Å². The number of imide groups is 1. The summed E-state index contributed by atoms with van der Waals surface area (Å²) in [6.45, 7) is 1.87. The van der Waals surface area contributed by atoms with Crippen molar-refractivity contribution in [3.05, 3.63) is 65.0 Å². The van der Waals surface area contributed by atoms with E-state index in [1.54, 1.807) is 35.2 Å². The number of anilines is 1. The number of carbonyl (C=O) groups excluding carboxylic acids is 3. The van der Waals surface area contributed by atoms with Gasteiger partial charge in [0, 0.05) is 30.3 Å². The summed E-state index contributed by atoms with van der Waals surface area (Å²) in [7, 11) is 0. The van der Waals surface area contributed by atoms with Gasteiger partial charge in [-0.1, -0.05) is 18.2 Å². The normalized spacial score (nSPS) is 22.4. The predicted octanol–water partition coefficient (Wildman–Crippen LogP) is 3.36. The van der Waals surface area contributed by atoms with E-state index in [9.17, 15) is 18.8 Å². The zero-order valence-electron chi connectivity index (χ0n) is 18.4. The largest absolute Gasteiger partial charge is 0.427 e. The molecular weight excluding hydrogens is 425 g/mol. The lowest BCUT2D eigenvalue weighted by atomic mass is 9.94. The molecular formula is C25H26FN3O4. The number of nitrogen functional groups attached to an aromatic ring is 1. The van der Waals surface area contributed by atoms with Crippen molar-refractivity contribution in [3.63, 3.8) is 0 Å². The monoisotopic (exact) mass is 451 g/mol. The molecule has 1 unspecified atom stereocenters. The molecule has 8 heteroatoms. The second-order valence-corrected chi connectivity index (χ2v) is 9.23. The molecule has 0 aromatic heterocycles. The molecule has 5 rings (SSSR count). The summed E-state index contributed by atoms with van der Waals surface area (Å²) in [6, 6.07) is 11.1. The van der Waals surface area contributed by atoms with E-state index in [4.69, 9.17) is 10.5 Å². The van der Waals surface area contributed by atoms with Crippen LogP contribution in [-0.4, -0.2) is 40.3 Å². The first kappa shape index (κ1) is 21.4. The SMILES string of the molecule is CC(C1CC1)N(Cc1ccc(F)cc1)C(=O)CN1C(=O)O[C@@]2(CCc3cc(N)ccc32)C1=O. The minimum Gasteiger partial charge on any atom is -0.427 e. The van der Waals surface area contributed by atoms with E-state index in [1.807, 2.05) is 6.92 Å². The van der Waals surface area contributed by atoms with Crippen LogP contribution < -0.4 is 5.73 Å². The zero-order chi connectivity index (χ0) is 23.3. The van der Waals surface area contributed by atoms with Crippen LogP contribution in [0, 0.1) is 11.7 Å². The Morgan fingerprint density at radius 1 is 1.24 bits per heavy atom. The van der Waals surface area contributed by atoms with Gasteiger partial charge in [0.05, 0.1) is 0 Å². The van der Waals surface area contributed by atoms with Crippen molar-refractivity contribution >= 4 is 23.6 Å². The fraction of sp³-hybridized carbons (Fsp3) is 0.400. The summed E-state index contributed by atoms with van der Waals surface area (Å²) < 4.78 is 18.9. The molecule has 2 atom stereocenters. The Kier molecular flexibility index (Phi) is 5.11. The molecule has 33 heavy (non-hydrogen) atoms. The Morgan fingerprint density at radius 3 is 2.67 bits per heavy atom. The van der Waals surface area contributed by atoms with E-state index in [1.165, 1.54) is 12.1 Å². The summed E-state index contributed by atoms with van der Waals surface area (Å²) >= 11 is 0. The lowest BCUT2D eigenvalue weighted by molar-refractivity contribution is -0.143. The minimum atomic E-state index is -1.38. The van der Waals surface area contributed by atoms with Gasteiger partial charge in [0.2, 0.25) is 11.5 Å². The number of rotatable bonds is 6. The summed E-state index contributed by atoms with van der Waals surface area (Å²) in [5, 5.41) is 0. The van der Waals surface area contributed by atoms with Crippen LogP contribution >= 0.6 is 0 Å². The molecule has 1 spiro atoms. The molecule has 2 aromatic carbocycles. The summed E-state index contributed by atoms with van der Waals surface area (Å²) in [5.41, 5.74) is 7.36. The zero-order valence-corrected chi connectivity index (χ0v) is 18.4. The fourth-order valence-corrected chi connectivity index (χ4v) is 4.98. The van der Waals surface area contributed by atoms with Crippen LogP contribution in [-0.2, 0) is 32.9 Å². The predicted molar refractivity (Wildman–Crippen MR) is 118 cm³/mol. The highest BCUT2D eigenvalue weighted by Gasteiger charge is 2.58. The number of nitrogens with zero attached hydrogens (tertiary/aromatic N) is 2. The van der Waals surface area contributed by atoms with Crippen molar-refractivity contribution in [3.8, 4) is 0 Å². The maximum atomic E-state index is 13.4. The van der Waals surface area contributed by atoms with Crippen LogP contribution in [0.5, 0.6) is 0 Å². The molecule has 0 bridgehead atoms. The van der Waals surface area contributed by atoms with Gasteiger partial charge in [-0.2, -0.15) is 0 Å². The fourth-order valence-electron chi connectivity index (χ4n) is 4.98. The van der Waals surface area contributed by atoms with E-state index >= 15 is 0 Å². The smallest absolute Gasteiger partial charge is 0.418 e. The molecule has 172 valence electrons. The van der Waals surface area contributed by atoms with Gasteiger partial charge in [0.15, 0.2) is 0 Å². The highest BCUT2D eigenvalue weighted by molar-refractivity contribution is 6.06. The van der Waals surface area contributed by atoms with Crippen LogP contribution in [0.3, 0.4) is 0 Å². The molecule has 2 aliphatic carbocycles. The van der Waals surface area contributed by atoms with E-state index < -0.39 is 17.6 Å². The Bertz CT molecular complexity index is 1130. The number of amides is 3. The van der Waals surface area contributed by atoms with Crippen LogP contribution in [0.2, 0.25) is 0 Å². The third-order valence-corrected chi connectivity index (χ3v) is 7.06. The molecule has 2 N–H and O–H groups in total. The van der Waals surface area contributed by atoms with E-state index in [-0.39, 0.29) is 30.9 Å². The Balaban J connectivity index is 1.37. The van der Waals surface area contributed by atoms with Gasteiger partial charge in [-0.15, -0.1) is 0 Å². The topological polar surface area (TPSA) is 92.9 Å². The lowest BCUT2D eigenvalue weighted by Crippen LogP contribution is -2.47. The van der Waals surface area contributed by atoms with Gasteiger partial charge in [-0.05, 0) is 67.5 Å². The van der Waals surface area contributed by atoms with Gasteiger partial charge in [0.1, 0.15) is 12.4 Å². The molecule has 1 aliphatic heterocycles. The number of ether oxygens (including phenoxy) is 1. The molecule has 2 aromatic rings. The van der Waals surface area contributed by atoms with Crippen molar-refractivity contribution in [1.29, 1.82) is 0 Å². The van der Waals surface area contributed by atoms with Crippen molar-refractivity contribution in [2.75, 3.05) is 12.3 Å². The van der Waals surface area contributed by atoms with Crippen LogP contribution in [0.1, 0.15) is 42.9 Å². The second-order valence-electron chi connectivity index (χ2n) is 9.23. The first-order valence-corrected chi connectivity index (χ1v) is 11.3. The maximum Gasteiger partial charge on any atom is 0.418 e. The van der Waals surface area contributed by atoms with Crippen molar-refractivity contribution in [2.24, 2.45) is 5.92 Å². The number of nitrogens with two attached hydrogens (primary N) is 1. The number of aryl methyl sites for hydroxylation is 1. The van der Waals surface area contributed by atoms with E-state index in [2.05, 4.69) is 0 Å². The first-order valence-electron chi connectivity index (χ1n) is 11.3. The molecule has 7 nitrogen and oxygen atoms in total. The van der Waals surface area contributed by atoms with Gasteiger partial charge < -0.3 is 15.4 Å². The number of carbonyl (C=O) groups is 3. The average Bonchev–Trinajstić information content (AvgIpc) is 3.54. The van der Waals surface area contributed by atoms with Gasteiger partial charge in [-0.25, -0.2) is 14.1 Å². The number of halogens is 1. The number of hydrogen-bond donors (Lipinski definition) is 1. The molecule has 0 radical (unpaired) electrons. The van der Waals surface area contributed by atoms with Gasteiger partial charge >= 0.3 is 6.09 Å². The number of fused-ring (bicyclic) bond motifs is 2. The van der Waals surface area contributed by atoms with E-state index in [0.29, 0.717) is 30.0 Å². The Hall–Kier alpha value is -3.42. The summed E-state index contributed by atoms with van der Waals surface area (Å²) in [4.78, 5) is 42.1. The van der Waals surface area contributed by atoms with Crippen LogP contribution in [0.15, 0.2) is 42.5 Å². The second kappa shape index (κ2) is 7.86. The quantitative estimate of drug-likeness (QED) is 0.680. The highest BCUT2D eigenvalue weighted by atomic mass is 19.1. The van der Waals surface area contributed by atoms with Crippen molar-refractivity contribution < 1.29 is 23.5 Å². The number of hydrogen-bond acceptors (Lipinski definition) is 5. The molecule has 1 saturated carbocycles. The Morgan fingerprint density at radius 2 is 1.97 bits per heavy atom. The standard InChI is InChI=1S/C25H26FN3O4/c1-15(17-4-5-17)28(13-16-2-6-19(26)7-3-16)22(30)14-29-23(31)25(33-24(29)32)11-10-18-12-20(27)8-9-21(18)25/h2-3,6-9,12,15,17H,4-5,10-11,13-14,27H2,1H3/t15?,25-/m1/s1. The highest BCUT2D eigenvalue weighted by Crippen LogP contribution is 2.46. The molecule has 1 saturated heterocycles. The first-order chi connectivity index (χ1) is 15.8. The van der Waals surface area contributed by atoms with Crippen molar-refractivity contribution in [1.82, 2.24) is 9.80 Å². The third-order valence-electron chi connectivity index (χ3n) is 7.06. The summed E-state index contributed by atoms with van der Waals surface area (Å²) in [5.74, 6) is -0.808. The van der Waals surface area contributed by atoms with E-state index in [0.717, 1.165) is 28.9 Å². The lowest BCUT2D eigenvalue weighted by Gasteiger charge is -2.30. The van der Waals surface area contributed by atoms with Gasteiger partial charge in [-0.3, -0.25) is 9.59 Å². The molecule has 1 heterocycles. The van der Waals surface area contributed by atoms with Crippen molar-refractivity contribution in [2.45, 2.75) is 50.8 Å². The minimum absolute atomic E-state index is 0.0552. The Labute approximate surface area is 191 Å². The van der Waals surface area contributed by atoms with Gasteiger partial charge in [0.25, 0.3) is 5.91 Å². The average molecular weight is 451 g/mol. The molecule has 3 aliphatic rings. The van der Waals surface area contributed by atoms with Crippen LogP contribution in [0.25, 0.3) is 0 Å². The number of benzene rings is 2.